The maximum absolute atomic E-state index is 8.83. The Kier molecular flexibility index (Phi) is 7.71. The topological polar surface area (TPSA) is 51.2 Å². The lowest BCUT2D eigenvalue weighted by Crippen LogP contribution is -2.49. The molecule has 1 saturated heterocycles. The molecule has 0 aromatic heterocycles. The molecule has 0 aromatic carbocycles. The molecule has 0 spiro atoms. The summed E-state index contributed by atoms with van der Waals surface area (Å²) in [5, 5.41) is 8.83. The van der Waals surface area contributed by atoms with Crippen molar-refractivity contribution >= 4 is 0 Å². The van der Waals surface area contributed by atoms with Crippen molar-refractivity contribution in [2.75, 3.05) is 66.4 Å². The maximum Gasteiger partial charge on any atom is 0.0701 e. The third kappa shape index (κ3) is 5.77. The third-order valence-corrected chi connectivity index (χ3v) is 2.65. The molecule has 0 aliphatic carbocycles. The predicted molar refractivity (Wildman–Crippen MR) is 60.5 cm³/mol. The van der Waals surface area contributed by atoms with Gasteiger partial charge >= 0.3 is 0 Å². The van der Waals surface area contributed by atoms with Gasteiger partial charge in [-0.2, -0.15) is 0 Å². The van der Waals surface area contributed by atoms with E-state index in [4.69, 9.17) is 19.3 Å². The number of aliphatic hydroxyl groups is 1. The van der Waals surface area contributed by atoms with Crippen molar-refractivity contribution in [1.82, 2.24) is 4.90 Å². The lowest BCUT2D eigenvalue weighted by molar-refractivity contribution is -0.0000953. The molecule has 1 rings (SSSR count). The van der Waals surface area contributed by atoms with Gasteiger partial charge in [-0.25, -0.2) is 0 Å². The van der Waals surface area contributed by atoms with E-state index in [-0.39, 0.29) is 0 Å². The molecular weight excluding hydrogens is 210 g/mol. The van der Waals surface area contributed by atoms with Gasteiger partial charge in [0.15, 0.2) is 0 Å². The van der Waals surface area contributed by atoms with E-state index < -0.39 is 0 Å². The van der Waals surface area contributed by atoms with Gasteiger partial charge in [0.1, 0.15) is 0 Å². The quantitative estimate of drug-likeness (QED) is 0.520. The molecule has 0 saturated carbocycles. The van der Waals surface area contributed by atoms with Crippen LogP contribution in [0.1, 0.15) is 0 Å². The summed E-state index contributed by atoms with van der Waals surface area (Å²) in [6.45, 7) is 6.55. The van der Waals surface area contributed by atoms with Crippen LogP contribution in [0.25, 0.3) is 0 Å². The summed E-state index contributed by atoms with van der Waals surface area (Å²) in [7, 11) is 1.66. The second kappa shape index (κ2) is 8.90. The molecular formula is C11H23NO4. The number of aliphatic hydroxyl groups excluding tert-OH is 1. The molecule has 0 unspecified atom stereocenters. The van der Waals surface area contributed by atoms with Crippen molar-refractivity contribution in [1.29, 1.82) is 0 Å². The summed E-state index contributed by atoms with van der Waals surface area (Å²) in [6.07, 6.45) is 0. The Morgan fingerprint density at radius 2 is 1.69 bits per heavy atom. The van der Waals surface area contributed by atoms with Crippen LogP contribution in [0, 0.1) is 5.92 Å². The second-order valence-electron chi connectivity index (χ2n) is 4.03. The standard InChI is InChI=1S/C11H23NO4/c1-14-4-5-16-7-6-15-3-2-12-8-11(9-12)10-13/h11,13H,2-10H2,1H3. The van der Waals surface area contributed by atoms with E-state index in [1.807, 2.05) is 0 Å². The van der Waals surface area contributed by atoms with E-state index in [0.29, 0.717) is 39.0 Å². The van der Waals surface area contributed by atoms with Crippen molar-refractivity contribution in [3.8, 4) is 0 Å². The lowest BCUT2D eigenvalue weighted by Gasteiger charge is -2.38. The third-order valence-electron chi connectivity index (χ3n) is 2.65. The smallest absolute Gasteiger partial charge is 0.0701 e. The first-order valence-electron chi connectivity index (χ1n) is 5.84. The van der Waals surface area contributed by atoms with Crippen LogP contribution < -0.4 is 0 Å². The van der Waals surface area contributed by atoms with E-state index in [9.17, 15) is 0 Å². The van der Waals surface area contributed by atoms with Crippen LogP contribution in [0.4, 0.5) is 0 Å². The van der Waals surface area contributed by atoms with Crippen molar-refractivity contribution in [2.45, 2.75) is 0 Å². The fraction of sp³-hybridized carbons (Fsp3) is 1.00. The van der Waals surface area contributed by atoms with Gasteiger partial charge in [-0.05, 0) is 0 Å². The molecule has 1 aliphatic rings. The molecule has 5 heteroatoms. The molecule has 96 valence electrons. The van der Waals surface area contributed by atoms with Crippen LogP contribution in [-0.4, -0.2) is 76.4 Å². The molecule has 16 heavy (non-hydrogen) atoms. The molecule has 0 radical (unpaired) electrons. The highest BCUT2D eigenvalue weighted by Gasteiger charge is 2.24. The van der Waals surface area contributed by atoms with Crippen LogP contribution in [0.2, 0.25) is 0 Å². The van der Waals surface area contributed by atoms with Crippen molar-refractivity contribution < 1.29 is 19.3 Å². The monoisotopic (exact) mass is 233 g/mol. The minimum atomic E-state index is 0.310. The highest BCUT2D eigenvalue weighted by atomic mass is 16.5. The number of nitrogens with zero attached hydrogens (tertiary/aromatic N) is 1. The summed E-state index contributed by atoms with van der Waals surface area (Å²) in [6, 6.07) is 0. The predicted octanol–water partition coefficient (Wildman–Crippen LogP) is -0.410. The second-order valence-corrected chi connectivity index (χ2v) is 4.03. The first kappa shape index (κ1) is 13.9. The Bertz CT molecular complexity index is 162. The number of methoxy groups -OCH3 is 1. The molecule has 1 aliphatic heterocycles. The molecule has 1 N–H and O–H groups in total. The molecule has 0 aromatic rings. The average Bonchev–Trinajstić information content (AvgIpc) is 2.24. The first-order chi connectivity index (χ1) is 7.86. The van der Waals surface area contributed by atoms with Crippen LogP contribution in [0.5, 0.6) is 0 Å². The highest BCUT2D eigenvalue weighted by molar-refractivity contribution is 4.78. The lowest BCUT2D eigenvalue weighted by atomic mass is 10.0. The molecule has 5 nitrogen and oxygen atoms in total. The number of likely N-dealkylation sites (tertiary alicyclic amines) is 1. The Morgan fingerprint density at radius 3 is 2.31 bits per heavy atom. The Balaban J connectivity index is 1.72. The van der Waals surface area contributed by atoms with Crippen molar-refractivity contribution in [3.63, 3.8) is 0 Å². The van der Waals surface area contributed by atoms with Crippen LogP contribution >= 0.6 is 0 Å². The van der Waals surface area contributed by atoms with Crippen LogP contribution in [-0.2, 0) is 14.2 Å². The number of hydrogen-bond donors (Lipinski definition) is 1. The fourth-order valence-corrected chi connectivity index (χ4v) is 1.63. The molecule has 1 fully saturated rings. The summed E-state index contributed by atoms with van der Waals surface area (Å²) >= 11 is 0. The Morgan fingerprint density at radius 1 is 1.06 bits per heavy atom. The van der Waals surface area contributed by atoms with Crippen molar-refractivity contribution in [3.05, 3.63) is 0 Å². The van der Waals surface area contributed by atoms with Gasteiger partial charge in [0.25, 0.3) is 0 Å². The zero-order chi connectivity index (χ0) is 11.6. The van der Waals surface area contributed by atoms with Crippen LogP contribution in [0.15, 0.2) is 0 Å². The highest BCUT2D eigenvalue weighted by Crippen LogP contribution is 2.13. The zero-order valence-electron chi connectivity index (χ0n) is 10.1. The number of ether oxygens (including phenoxy) is 3. The summed E-state index contributed by atoms with van der Waals surface area (Å²) in [5.74, 6) is 0.484. The van der Waals surface area contributed by atoms with E-state index >= 15 is 0 Å². The van der Waals surface area contributed by atoms with Gasteiger partial charge in [0.05, 0.1) is 33.0 Å². The Labute approximate surface area is 97.3 Å². The number of rotatable bonds is 10. The minimum Gasteiger partial charge on any atom is -0.396 e. The van der Waals surface area contributed by atoms with E-state index in [1.165, 1.54) is 0 Å². The fourth-order valence-electron chi connectivity index (χ4n) is 1.63. The van der Waals surface area contributed by atoms with Gasteiger partial charge in [-0.15, -0.1) is 0 Å². The summed E-state index contributed by atoms with van der Waals surface area (Å²) < 4.78 is 15.5. The van der Waals surface area contributed by atoms with Gasteiger partial charge in [0.2, 0.25) is 0 Å². The van der Waals surface area contributed by atoms with E-state index in [2.05, 4.69) is 4.90 Å². The van der Waals surface area contributed by atoms with Gasteiger partial charge in [0, 0.05) is 39.3 Å². The molecule has 0 bridgehead atoms. The van der Waals surface area contributed by atoms with Gasteiger partial charge < -0.3 is 24.2 Å². The molecule has 1 heterocycles. The summed E-state index contributed by atoms with van der Waals surface area (Å²) in [5.41, 5.74) is 0. The average molecular weight is 233 g/mol. The number of hydrogen-bond acceptors (Lipinski definition) is 5. The largest absolute Gasteiger partial charge is 0.396 e. The molecule has 0 atom stereocenters. The van der Waals surface area contributed by atoms with Gasteiger partial charge in [-0.1, -0.05) is 0 Å². The first-order valence-corrected chi connectivity index (χ1v) is 5.84. The van der Waals surface area contributed by atoms with Crippen molar-refractivity contribution in [2.24, 2.45) is 5.92 Å². The van der Waals surface area contributed by atoms with Crippen LogP contribution in [0.3, 0.4) is 0 Å². The molecule has 0 amide bonds. The zero-order valence-corrected chi connectivity index (χ0v) is 10.1. The van der Waals surface area contributed by atoms with Gasteiger partial charge in [-0.3, -0.25) is 0 Å². The van der Waals surface area contributed by atoms with E-state index in [1.54, 1.807) is 7.11 Å². The maximum atomic E-state index is 8.83. The normalized spacial score (nSPS) is 17.6. The minimum absolute atomic E-state index is 0.310. The Hall–Kier alpha value is -0.200. The summed E-state index contributed by atoms with van der Waals surface area (Å²) in [4.78, 5) is 2.28. The SMILES string of the molecule is COCCOCCOCCN1CC(CO)C1. The van der Waals surface area contributed by atoms with E-state index in [0.717, 1.165) is 26.2 Å².